The minimum atomic E-state index is -0.306. The van der Waals surface area contributed by atoms with Crippen LogP contribution in [0.3, 0.4) is 0 Å². The Morgan fingerprint density at radius 2 is 1.77 bits per heavy atom. The lowest BCUT2D eigenvalue weighted by Crippen LogP contribution is -2.43. The van der Waals surface area contributed by atoms with E-state index in [1.54, 1.807) is 17.0 Å². The third-order valence-corrected chi connectivity index (χ3v) is 4.24. The fourth-order valence-corrected chi connectivity index (χ4v) is 2.78. The Labute approximate surface area is 134 Å². The van der Waals surface area contributed by atoms with Crippen LogP contribution in [0.15, 0.2) is 18.2 Å². The second kappa shape index (κ2) is 8.92. The summed E-state index contributed by atoms with van der Waals surface area (Å²) in [4.78, 5) is 14.6. The van der Waals surface area contributed by atoms with Crippen molar-refractivity contribution in [3.05, 3.63) is 29.6 Å². The minimum Gasteiger partial charge on any atom is -0.306 e. The van der Waals surface area contributed by atoms with Gasteiger partial charge in [-0.1, -0.05) is 46.6 Å². The summed E-state index contributed by atoms with van der Waals surface area (Å²) >= 11 is 0. The van der Waals surface area contributed by atoms with Gasteiger partial charge in [-0.3, -0.25) is 4.79 Å². The molecule has 0 aromatic heterocycles. The van der Waals surface area contributed by atoms with Gasteiger partial charge in [0, 0.05) is 12.0 Å². The number of carbonyl (C=O) groups is 1. The molecular formula is C19H30FNO. The number of anilines is 1. The van der Waals surface area contributed by atoms with Gasteiger partial charge in [0.15, 0.2) is 0 Å². The number of carbonyl (C=O) groups excluding carboxylic acids is 1. The smallest absolute Gasteiger partial charge is 0.230 e. The zero-order chi connectivity index (χ0) is 16.7. The van der Waals surface area contributed by atoms with Gasteiger partial charge in [-0.2, -0.15) is 0 Å². The molecule has 2 nitrogen and oxygen atoms in total. The molecule has 0 spiro atoms. The van der Waals surface area contributed by atoms with Gasteiger partial charge < -0.3 is 4.90 Å². The highest BCUT2D eigenvalue weighted by Crippen LogP contribution is 2.28. The van der Waals surface area contributed by atoms with E-state index in [4.69, 9.17) is 0 Å². The molecule has 0 radical (unpaired) electrons. The van der Waals surface area contributed by atoms with Gasteiger partial charge in [0.05, 0.1) is 5.69 Å². The maximum Gasteiger partial charge on any atom is 0.230 e. The SMILES string of the molecule is CCCC(CCC)N(C(=O)C(C)CC)c1cc(C)ccc1F. The number of hydrogen-bond acceptors (Lipinski definition) is 1. The van der Waals surface area contributed by atoms with Crippen molar-refractivity contribution in [2.24, 2.45) is 5.92 Å². The molecule has 1 aromatic carbocycles. The van der Waals surface area contributed by atoms with Gasteiger partial charge in [-0.05, 0) is 43.9 Å². The van der Waals surface area contributed by atoms with Crippen LogP contribution in [0.2, 0.25) is 0 Å². The number of halogens is 1. The monoisotopic (exact) mass is 307 g/mol. The molecule has 0 aliphatic heterocycles. The summed E-state index contributed by atoms with van der Waals surface area (Å²) in [5.74, 6) is -0.352. The number of benzene rings is 1. The van der Waals surface area contributed by atoms with Crippen molar-refractivity contribution >= 4 is 11.6 Å². The van der Waals surface area contributed by atoms with Crippen LogP contribution >= 0.6 is 0 Å². The first-order valence-corrected chi connectivity index (χ1v) is 8.55. The van der Waals surface area contributed by atoms with E-state index in [9.17, 15) is 9.18 Å². The van der Waals surface area contributed by atoms with Crippen LogP contribution in [0.1, 0.15) is 65.4 Å². The fraction of sp³-hybridized carbons (Fsp3) is 0.632. The highest BCUT2D eigenvalue weighted by atomic mass is 19.1. The molecule has 1 unspecified atom stereocenters. The Balaban J connectivity index is 3.30. The summed E-state index contributed by atoms with van der Waals surface area (Å²) in [6, 6.07) is 5.09. The maximum absolute atomic E-state index is 14.4. The Morgan fingerprint density at radius 3 is 2.27 bits per heavy atom. The second-order valence-corrected chi connectivity index (χ2v) is 6.20. The van der Waals surface area contributed by atoms with Gasteiger partial charge in [-0.15, -0.1) is 0 Å². The predicted octanol–water partition coefficient (Wildman–Crippen LogP) is 5.48. The summed E-state index contributed by atoms with van der Waals surface area (Å²) < 4.78 is 14.4. The van der Waals surface area contributed by atoms with Crippen LogP contribution in [0.4, 0.5) is 10.1 Å². The van der Waals surface area contributed by atoms with E-state index in [0.717, 1.165) is 37.7 Å². The zero-order valence-corrected chi connectivity index (χ0v) is 14.7. The number of amides is 1. The van der Waals surface area contributed by atoms with Crippen molar-refractivity contribution in [2.75, 3.05) is 4.90 Å². The number of hydrogen-bond donors (Lipinski definition) is 0. The van der Waals surface area contributed by atoms with Crippen molar-refractivity contribution in [2.45, 2.75) is 72.8 Å². The molecule has 0 saturated carbocycles. The molecule has 0 bridgehead atoms. The van der Waals surface area contributed by atoms with Crippen molar-refractivity contribution in [3.63, 3.8) is 0 Å². The van der Waals surface area contributed by atoms with Gasteiger partial charge in [-0.25, -0.2) is 4.39 Å². The van der Waals surface area contributed by atoms with Crippen molar-refractivity contribution in [1.29, 1.82) is 0 Å². The van der Waals surface area contributed by atoms with Gasteiger partial charge in [0.1, 0.15) is 5.82 Å². The topological polar surface area (TPSA) is 20.3 Å². The number of aryl methyl sites for hydroxylation is 1. The molecule has 0 saturated heterocycles. The summed E-state index contributed by atoms with van der Waals surface area (Å²) in [7, 11) is 0. The van der Waals surface area contributed by atoms with Gasteiger partial charge in [0.2, 0.25) is 5.91 Å². The molecule has 3 heteroatoms. The largest absolute Gasteiger partial charge is 0.306 e. The summed E-state index contributed by atoms with van der Waals surface area (Å²) in [5.41, 5.74) is 1.42. The van der Waals surface area contributed by atoms with Crippen LogP contribution in [0.5, 0.6) is 0 Å². The molecule has 0 heterocycles. The summed E-state index contributed by atoms with van der Waals surface area (Å²) in [6.07, 6.45) is 4.56. The van der Waals surface area contributed by atoms with Crippen molar-refractivity contribution in [1.82, 2.24) is 0 Å². The normalized spacial score (nSPS) is 12.5. The predicted molar refractivity (Wildman–Crippen MR) is 91.7 cm³/mol. The molecule has 1 aromatic rings. The first-order chi connectivity index (χ1) is 10.5. The number of nitrogens with zero attached hydrogens (tertiary/aromatic N) is 1. The molecule has 1 atom stereocenters. The molecule has 0 fully saturated rings. The quantitative estimate of drug-likeness (QED) is 0.622. The molecule has 1 rings (SSSR count). The number of rotatable bonds is 8. The average Bonchev–Trinajstić information content (AvgIpc) is 2.50. The van der Waals surface area contributed by atoms with E-state index in [1.807, 2.05) is 20.8 Å². The highest BCUT2D eigenvalue weighted by molar-refractivity contribution is 5.95. The van der Waals surface area contributed by atoms with Crippen LogP contribution in [0.25, 0.3) is 0 Å². The minimum absolute atomic E-state index is 0.0406. The fourth-order valence-electron chi connectivity index (χ4n) is 2.78. The van der Waals surface area contributed by atoms with Crippen LogP contribution < -0.4 is 4.90 Å². The van der Waals surface area contributed by atoms with Crippen LogP contribution in [-0.2, 0) is 4.79 Å². The summed E-state index contributed by atoms with van der Waals surface area (Å²) in [5, 5.41) is 0. The molecule has 22 heavy (non-hydrogen) atoms. The van der Waals surface area contributed by atoms with E-state index in [2.05, 4.69) is 13.8 Å². The third kappa shape index (κ3) is 4.56. The Bertz CT molecular complexity index is 480. The third-order valence-electron chi connectivity index (χ3n) is 4.24. The molecule has 124 valence electrons. The Kier molecular flexibility index (Phi) is 7.57. The van der Waals surface area contributed by atoms with Crippen molar-refractivity contribution in [3.8, 4) is 0 Å². The summed E-state index contributed by atoms with van der Waals surface area (Å²) in [6.45, 7) is 10.1. The molecule has 0 N–H and O–H groups in total. The molecule has 0 aliphatic carbocycles. The Hall–Kier alpha value is -1.38. The zero-order valence-electron chi connectivity index (χ0n) is 14.7. The van der Waals surface area contributed by atoms with Crippen LogP contribution in [-0.4, -0.2) is 11.9 Å². The first-order valence-electron chi connectivity index (χ1n) is 8.55. The van der Waals surface area contributed by atoms with Crippen molar-refractivity contribution < 1.29 is 9.18 Å². The lowest BCUT2D eigenvalue weighted by molar-refractivity contribution is -0.122. The second-order valence-electron chi connectivity index (χ2n) is 6.20. The van der Waals surface area contributed by atoms with E-state index < -0.39 is 0 Å². The first kappa shape index (κ1) is 18.7. The highest BCUT2D eigenvalue weighted by Gasteiger charge is 2.29. The molecule has 0 aliphatic rings. The maximum atomic E-state index is 14.4. The van der Waals surface area contributed by atoms with E-state index in [0.29, 0.717) is 5.69 Å². The lowest BCUT2D eigenvalue weighted by atomic mass is 9.99. The Morgan fingerprint density at radius 1 is 1.18 bits per heavy atom. The van der Waals surface area contributed by atoms with Gasteiger partial charge >= 0.3 is 0 Å². The van der Waals surface area contributed by atoms with E-state index in [-0.39, 0.29) is 23.7 Å². The molecular weight excluding hydrogens is 277 g/mol. The standard InChI is InChI=1S/C19H30FNO/c1-6-9-16(10-7-2)21(19(22)15(5)8-3)18-13-14(4)11-12-17(18)20/h11-13,15-16H,6-10H2,1-5H3. The lowest BCUT2D eigenvalue weighted by Gasteiger charge is -2.34. The van der Waals surface area contributed by atoms with E-state index >= 15 is 0 Å². The average molecular weight is 307 g/mol. The van der Waals surface area contributed by atoms with Gasteiger partial charge in [0.25, 0.3) is 0 Å². The molecule has 1 amide bonds. The van der Waals surface area contributed by atoms with E-state index in [1.165, 1.54) is 6.07 Å². The van der Waals surface area contributed by atoms with Crippen LogP contribution in [0, 0.1) is 18.7 Å².